The summed E-state index contributed by atoms with van der Waals surface area (Å²) >= 11 is 7.89. The molecule has 1 aromatic rings. The molecule has 7 heteroatoms. The Morgan fingerprint density at radius 2 is 2.15 bits per heavy atom. The molecule has 0 saturated carbocycles. The molecule has 1 rings (SSSR count). The molecule has 0 aliphatic carbocycles. The van der Waals surface area contributed by atoms with Gasteiger partial charge in [0.1, 0.15) is 5.02 Å². The van der Waals surface area contributed by atoms with E-state index in [9.17, 15) is 4.79 Å². The number of nitrogens with one attached hydrogen (secondary N) is 1. The molecule has 0 aliphatic rings. The van der Waals surface area contributed by atoms with Crippen molar-refractivity contribution >= 4 is 29.1 Å². The van der Waals surface area contributed by atoms with Gasteiger partial charge in [0.05, 0.1) is 18.4 Å². The monoisotopic (exact) mass is 318 g/mol. The second-order valence-corrected chi connectivity index (χ2v) is 7.41. The summed E-state index contributed by atoms with van der Waals surface area (Å²) in [6.07, 6.45) is 3.68. The Labute approximate surface area is 129 Å². The van der Waals surface area contributed by atoms with Gasteiger partial charge in [0, 0.05) is 17.8 Å². The number of likely N-dealkylation sites (N-methyl/N-ethyl adjacent to an activating group) is 1. The normalized spacial score (nSPS) is 11.9. The Morgan fingerprint density at radius 3 is 2.70 bits per heavy atom. The number of rotatable bonds is 7. The molecule has 0 unspecified atom stereocenters. The molecule has 114 valence electrons. The van der Waals surface area contributed by atoms with E-state index in [1.54, 1.807) is 18.0 Å². The molecule has 0 fully saturated rings. The maximum absolute atomic E-state index is 12.1. The summed E-state index contributed by atoms with van der Waals surface area (Å²) in [5.74, 6) is 0. The van der Waals surface area contributed by atoms with Gasteiger partial charge in [-0.3, -0.25) is 4.79 Å². The van der Waals surface area contributed by atoms with Crippen LogP contribution in [0.4, 0.5) is 5.69 Å². The molecular weight excluding hydrogens is 296 g/mol. The molecule has 0 amide bonds. The van der Waals surface area contributed by atoms with E-state index in [0.29, 0.717) is 12.2 Å². The van der Waals surface area contributed by atoms with Crippen LogP contribution in [0.5, 0.6) is 0 Å². The summed E-state index contributed by atoms with van der Waals surface area (Å²) in [4.78, 5) is 14.1. The van der Waals surface area contributed by atoms with Gasteiger partial charge in [-0.1, -0.05) is 11.6 Å². The zero-order valence-corrected chi connectivity index (χ0v) is 14.3. The van der Waals surface area contributed by atoms with E-state index in [2.05, 4.69) is 30.5 Å². The second-order valence-electron chi connectivity index (χ2n) is 5.52. The third kappa shape index (κ3) is 5.00. The van der Waals surface area contributed by atoms with E-state index in [4.69, 9.17) is 11.6 Å². The summed E-state index contributed by atoms with van der Waals surface area (Å²) in [6.45, 7) is 6.25. The standard InChI is InChI=1S/C13H23ClN4OS/c1-13(2,20-5)9-15-10-8-16-18(7-6-17(3)4)12(19)11(10)14/h8,15H,6-7,9H2,1-5H3. The van der Waals surface area contributed by atoms with Crippen molar-refractivity contribution in [2.75, 3.05) is 38.8 Å². The number of aromatic nitrogens is 2. The fourth-order valence-corrected chi connectivity index (χ4v) is 1.85. The first-order valence-electron chi connectivity index (χ1n) is 6.46. The summed E-state index contributed by atoms with van der Waals surface area (Å²) in [5.41, 5.74) is 0.348. The Balaban J connectivity index is 2.81. The maximum atomic E-state index is 12.1. The van der Waals surface area contributed by atoms with Crippen molar-refractivity contribution in [2.24, 2.45) is 0 Å². The topological polar surface area (TPSA) is 50.2 Å². The van der Waals surface area contributed by atoms with Crippen LogP contribution in [0, 0.1) is 0 Å². The average Bonchev–Trinajstić information content (AvgIpc) is 2.39. The van der Waals surface area contributed by atoms with Crippen LogP contribution in [-0.4, -0.2) is 52.9 Å². The highest BCUT2D eigenvalue weighted by Gasteiger charge is 2.17. The summed E-state index contributed by atoms with van der Waals surface area (Å²) < 4.78 is 1.47. The van der Waals surface area contributed by atoms with E-state index in [0.717, 1.165) is 13.1 Å². The van der Waals surface area contributed by atoms with Gasteiger partial charge in [0.25, 0.3) is 5.56 Å². The molecule has 1 heterocycles. The van der Waals surface area contributed by atoms with E-state index in [-0.39, 0.29) is 15.3 Å². The molecule has 1 aromatic heterocycles. The van der Waals surface area contributed by atoms with Crippen molar-refractivity contribution in [3.63, 3.8) is 0 Å². The minimum atomic E-state index is -0.250. The van der Waals surface area contributed by atoms with Crippen LogP contribution in [0.15, 0.2) is 11.0 Å². The molecule has 0 aliphatic heterocycles. The van der Waals surface area contributed by atoms with Crippen molar-refractivity contribution in [3.8, 4) is 0 Å². The van der Waals surface area contributed by atoms with E-state index in [1.807, 2.05) is 19.0 Å². The first-order valence-corrected chi connectivity index (χ1v) is 8.06. The SMILES string of the molecule is CSC(C)(C)CNc1cnn(CCN(C)C)c(=O)c1Cl. The van der Waals surface area contributed by atoms with Crippen LogP contribution >= 0.6 is 23.4 Å². The van der Waals surface area contributed by atoms with Crippen LogP contribution in [-0.2, 0) is 6.54 Å². The number of halogens is 1. The van der Waals surface area contributed by atoms with Crippen LogP contribution < -0.4 is 10.9 Å². The summed E-state index contributed by atoms with van der Waals surface area (Å²) in [6, 6.07) is 0. The quantitative estimate of drug-likeness (QED) is 0.833. The molecule has 0 aromatic carbocycles. The fraction of sp³-hybridized carbons (Fsp3) is 0.692. The number of hydrogen-bond acceptors (Lipinski definition) is 5. The number of hydrogen-bond donors (Lipinski definition) is 1. The fourth-order valence-electron chi connectivity index (χ4n) is 1.42. The molecule has 0 bridgehead atoms. The van der Waals surface area contributed by atoms with Crippen LogP contribution in [0.3, 0.4) is 0 Å². The molecule has 1 N–H and O–H groups in total. The minimum absolute atomic E-state index is 0.0725. The van der Waals surface area contributed by atoms with E-state index >= 15 is 0 Å². The largest absolute Gasteiger partial charge is 0.381 e. The lowest BCUT2D eigenvalue weighted by Crippen LogP contribution is -2.31. The molecule has 5 nitrogen and oxygen atoms in total. The molecule has 0 radical (unpaired) electrons. The lowest BCUT2D eigenvalue weighted by atomic mass is 10.2. The van der Waals surface area contributed by atoms with Gasteiger partial charge >= 0.3 is 0 Å². The van der Waals surface area contributed by atoms with Gasteiger partial charge in [-0.05, 0) is 34.2 Å². The molecule has 20 heavy (non-hydrogen) atoms. The first kappa shape index (κ1) is 17.3. The number of nitrogens with zero attached hydrogens (tertiary/aromatic N) is 3. The molecule has 0 spiro atoms. The lowest BCUT2D eigenvalue weighted by Gasteiger charge is -2.23. The minimum Gasteiger partial charge on any atom is -0.381 e. The number of thioether (sulfide) groups is 1. The highest BCUT2D eigenvalue weighted by molar-refractivity contribution is 7.99. The molecular formula is C13H23ClN4OS. The Bertz CT molecular complexity index is 502. The average molecular weight is 319 g/mol. The van der Waals surface area contributed by atoms with Crippen LogP contribution in [0.2, 0.25) is 5.02 Å². The zero-order valence-electron chi connectivity index (χ0n) is 12.7. The second kappa shape index (κ2) is 7.33. The van der Waals surface area contributed by atoms with Gasteiger partial charge in [0.2, 0.25) is 0 Å². The summed E-state index contributed by atoms with van der Waals surface area (Å²) in [7, 11) is 3.90. The number of anilines is 1. The van der Waals surface area contributed by atoms with Gasteiger partial charge in [-0.25, -0.2) is 4.68 Å². The molecule has 0 saturated heterocycles. The highest BCUT2D eigenvalue weighted by atomic mass is 35.5. The van der Waals surface area contributed by atoms with Crippen molar-refractivity contribution in [1.82, 2.24) is 14.7 Å². The predicted molar refractivity (Wildman–Crippen MR) is 88.1 cm³/mol. The van der Waals surface area contributed by atoms with Crippen molar-refractivity contribution in [2.45, 2.75) is 25.1 Å². The third-order valence-corrected chi connectivity index (χ3v) is 4.62. The third-order valence-electron chi connectivity index (χ3n) is 3.00. The van der Waals surface area contributed by atoms with Crippen LogP contribution in [0.25, 0.3) is 0 Å². The van der Waals surface area contributed by atoms with Gasteiger partial charge < -0.3 is 10.2 Å². The van der Waals surface area contributed by atoms with Crippen molar-refractivity contribution in [1.29, 1.82) is 0 Å². The first-order chi connectivity index (χ1) is 9.26. The Hall–Kier alpha value is -0.720. The van der Waals surface area contributed by atoms with Gasteiger partial charge in [-0.15, -0.1) is 0 Å². The zero-order chi connectivity index (χ0) is 15.3. The van der Waals surface area contributed by atoms with Gasteiger partial charge in [0.15, 0.2) is 0 Å². The predicted octanol–water partition coefficient (Wildman–Crippen LogP) is 2.01. The van der Waals surface area contributed by atoms with Crippen molar-refractivity contribution in [3.05, 3.63) is 21.6 Å². The van der Waals surface area contributed by atoms with Crippen LogP contribution in [0.1, 0.15) is 13.8 Å². The van der Waals surface area contributed by atoms with Crippen molar-refractivity contribution < 1.29 is 0 Å². The van der Waals surface area contributed by atoms with E-state index in [1.165, 1.54) is 4.68 Å². The lowest BCUT2D eigenvalue weighted by molar-refractivity contribution is 0.367. The smallest absolute Gasteiger partial charge is 0.287 e. The maximum Gasteiger partial charge on any atom is 0.287 e. The Morgan fingerprint density at radius 1 is 1.50 bits per heavy atom. The highest BCUT2D eigenvalue weighted by Crippen LogP contribution is 2.23. The molecule has 0 atom stereocenters. The van der Waals surface area contributed by atoms with E-state index < -0.39 is 0 Å². The van der Waals surface area contributed by atoms with Gasteiger partial charge in [-0.2, -0.15) is 16.9 Å². The summed E-state index contributed by atoms with van der Waals surface area (Å²) in [5, 5.41) is 7.56. The Kier molecular flexibility index (Phi) is 6.36.